The van der Waals surface area contributed by atoms with E-state index in [1.165, 1.54) is 11.8 Å². The lowest BCUT2D eigenvalue weighted by molar-refractivity contribution is -0.131. The van der Waals surface area contributed by atoms with Gasteiger partial charge in [-0.05, 0) is 18.7 Å². The Labute approximate surface area is 118 Å². The SMILES string of the molecule is CS[C@H](C)C(=O)N(CCC(N)=O)Cc1ccccc1. The second-order valence-corrected chi connectivity index (χ2v) is 5.52. The molecule has 1 aromatic carbocycles. The molecular weight excluding hydrogens is 260 g/mol. The summed E-state index contributed by atoms with van der Waals surface area (Å²) in [6.07, 6.45) is 2.09. The molecule has 1 aromatic rings. The van der Waals surface area contributed by atoms with Gasteiger partial charge in [-0.15, -0.1) is 0 Å². The van der Waals surface area contributed by atoms with Crippen molar-refractivity contribution < 1.29 is 9.59 Å². The molecule has 0 bridgehead atoms. The highest BCUT2D eigenvalue weighted by atomic mass is 32.2. The average molecular weight is 280 g/mol. The Kier molecular flexibility index (Phi) is 6.42. The van der Waals surface area contributed by atoms with Crippen molar-refractivity contribution in [2.24, 2.45) is 5.73 Å². The van der Waals surface area contributed by atoms with Crippen LogP contribution in [-0.4, -0.2) is 34.8 Å². The van der Waals surface area contributed by atoms with Gasteiger partial charge in [0.1, 0.15) is 0 Å². The molecule has 0 radical (unpaired) electrons. The maximum atomic E-state index is 12.2. The molecule has 5 heteroatoms. The molecule has 2 N–H and O–H groups in total. The van der Waals surface area contributed by atoms with Gasteiger partial charge in [-0.1, -0.05) is 30.3 Å². The molecule has 4 nitrogen and oxygen atoms in total. The average Bonchev–Trinajstić information content (AvgIpc) is 2.42. The lowest BCUT2D eigenvalue weighted by atomic mass is 10.2. The van der Waals surface area contributed by atoms with Gasteiger partial charge in [-0.2, -0.15) is 11.8 Å². The molecular formula is C14H20N2O2S. The van der Waals surface area contributed by atoms with E-state index in [0.29, 0.717) is 13.1 Å². The molecule has 0 aliphatic carbocycles. The first-order valence-corrected chi connectivity index (χ1v) is 7.47. The summed E-state index contributed by atoms with van der Waals surface area (Å²) in [5.41, 5.74) is 6.21. The fourth-order valence-corrected chi connectivity index (χ4v) is 2.02. The summed E-state index contributed by atoms with van der Waals surface area (Å²) in [6.45, 7) is 2.75. The lowest BCUT2D eigenvalue weighted by Gasteiger charge is -2.25. The monoisotopic (exact) mass is 280 g/mol. The third-order valence-electron chi connectivity index (χ3n) is 2.86. The third-order valence-corrected chi connectivity index (χ3v) is 3.77. The zero-order chi connectivity index (χ0) is 14.3. The van der Waals surface area contributed by atoms with Gasteiger partial charge in [0.25, 0.3) is 0 Å². The maximum Gasteiger partial charge on any atom is 0.235 e. The van der Waals surface area contributed by atoms with Crippen molar-refractivity contribution in [2.45, 2.75) is 25.1 Å². The Bertz CT molecular complexity index is 423. The topological polar surface area (TPSA) is 63.4 Å². The molecule has 104 valence electrons. The summed E-state index contributed by atoms with van der Waals surface area (Å²) in [7, 11) is 0. The van der Waals surface area contributed by atoms with Crippen molar-refractivity contribution in [3.05, 3.63) is 35.9 Å². The molecule has 0 unspecified atom stereocenters. The van der Waals surface area contributed by atoms with Crippen molar-refractivity contribution in [3.63, 3.8) is 0 Å². The van der Waals surface area contributed by atoms with Crippen LogP contribution in [0.1, 0.15) is 18.9 Å². The van der Waals surface area contributed by atoms with E-state index in [1.807, 2.05) is 43.5 Å². The van der Waals surface area contributed by atoms with Crippen molar-refractivity contribution >= 4 is 23.6 Å². The fraction of sp³-hybridized carbons (Fsp3) is 0.429. The first-order valence-electron chi connectivity index (χ1n) is 6.18. The van der Waals surface area contributed by atoms with E-state index in [2.05, 4.69) is 0 Å². The minimum absolute atomic E-state index is 0.0394. The van der Waals surface area contributed by atoms with Crippen LogP contribution in [0.3, 0.4) is 0 Å². The van der Waals surface area contributed by atoms with Gasteiger partial charge < -0.3 is 10.6 Å². The zero-order valence-electron chi connectivity index (χ0n) is 11.3. The number of rotatable bonds is 7. The molecule has 0 saturated heterocycles. The van der Waals surface area contributed by atoms with Gasteiger partial charge in [-0.3, -0.25) is 9.59 Å². The Morgan fingerprint density at radius 2 is 1.95 bits per heavy atom. The van der Waals surface area contributed by atoms with Gasteiger partial charge in [0, 0.05) is 19.5 Å². The van der Waals surface area contributed by atoms with Crippen molar-refractivity contribution in [2.75, 3.05) is 12.8 Å². The Morgan fingerprint density at radius 1 is 1.32 bits per heavy atom. The second-order valence-electron chi connectivity index (χ2n) is 4.34. The van der Waals surface area contributed by atoms with E-state index in [0.717, 1.165) is 5.56 Å². The van der Waals surface area contributed by atoms with Crippen molar-refractivity contribution in [1.29, 1.82) is 0 Å². The van der Waals surface area contributed by atoms with Crippen LogP contribution in [0.4, 0.5) is 0 Å². The van der Waals surface area contributed by atoms with Crippen LogP contribution in [0.5, 0.6) is 0 Å². The highest BCUT2D eigenvalue weighted by molar-refractivity contribution is 7.99. The largest absolute Gasteiger partial charge is 0.370 e. The first kappa shape index (κ1) is 15.6. The van der Waals surface area contributed by atoms with Crippen LogP contribution < -0.4 is 5.73 Å². The lowest BCUT2D eigenvalue weighted by Crippen LogP contribution is -2.38. The van der Waals surface area contributed by atoms with Crippen LogP contribution in [0.2, 0.25) is 0 Å². The number of carbonyl (C=O) groups is 2. The summed E-state index contributed by atoms with van der Waals surface area (Å²) >= 11 is 1.50. The van der Waals surface area contributed by atoms with Gasteiger partial charge in [-0.25, -0.2) is 0 Å². The summed E-state index contributed by atoms with van der Waals surface area (Å²) in [6, 6.07) is 9.74. The van der Waals surface area contributed by atoms with Crippen LogP contribution in [0, 0.1) is 0 Å². The summed E-state index contributed by atoms with van der Waals surface area (Å²) in [5, 5.41) is -0.114. The van der Waals surface area contributed by atoms with Crippen LogP contribution in [-0.2, 0) is 16.1 Å². The molecule has 0 spiro atoms. The molecule has 2 amide bonds. The van der Waals surface area contributed by atoms with E-state index in [9.17, 15) is 9.59 Å². The number of hydrogen-bond acceptors (Lipinski definition) is 3. The molecule has 0 heterocycles. The summed E-state index contributed by atoms with van der Waals surface area (Å²) in [4.78, 5) is 24.8. The highest BCUT2D eigenvalue weighted by Gasteiger charge is 2.20. The first-order chi connectivity index (χ1) is 9.04. The van der Waals surface area contributed by atoms with Gasteiger partial charge in [0.2, 0.25) is 11.8 Å². The van der Waals surface area contributed by atoms with Crippen LogP contribution in [0.15, 0.2) is 30.3 Å². The van der Waals surface area contributed by atoms with Gasteiger partial charge >= 0.3 is 0 Å². The number of nitrogens with two attached hydrogens (primary N) is 1. The molecule has 0 aliphatic heterocycles. The molecule has 0 fully saturated rings. The predicted molar refractivity (Wildman–Crippen MR) is 78.6 cm³/mol. The number of nitrogens with zero attached hydrogens (tertiary/aromatic N) is 1. The number of benzene rings is 1. The normalized spacial score (nSPS) is 11.9. The number of carbonyl (C=O) groups excluding carboxylic acids is 2. The molecule has 1 rings (SSSR count). The van der Waals surface area contributed by atoms with Crippen molar-refractivity contribution in [1.82, 2.24) is 4.90 Å². The van der Waals surface area contributed by atoms with E-state index >= 15 is 0 Å². The smallest absolute Gasteiger partial charge is 0.235 e. The predicted octanol–water partition coefficient (Wildman–Crippen LogP) is 1.64. The number of amides is 2. The quantitative estimate of drug-likeness (QED) is 0.826. The minimum Gasteiger partial charge on any atom is -0.370 e. The minimum atomic E-state index is -0.386. The molecule has 1 atom stereocenters. The Hall–Kier alpha value is -1.49. The Balaban J connectivity index is 2.74. The zero-order valence-corrected chi connectivity index (χ0v) is 12.2. The van der Waals surface area contributed by atoms with Crippen LogP contribution >= 0.6 is 11.8 Å². The number of primary amides is 1. The number of hydrogen-bond donors (Lipinski definition) is 1. The van der Waals surface area contributed by atoms with Crippen molar-refractivity contribution in [3.8, 4) is 0 Å². The van der Waals surface area contributed by atoms with E-state index in [1.54, 1.807) is 4.90 Å². The van der Waals surface area contributed by atoms with E-state index < -0.39 is 0 Å². The summed E-state index contributed by atoms with van der Waals surface area (Å²) in [5.74, 6) is -0.347. The maximum absolute atomic E-state index is 12.2. The van der Waals surface area contributed by atoms with Crippen LogP contribution in [0.25, 0.3) is 0 Å². The standard InChI is InChI=1S/C14H20N2O2S/c1-11(19-2)14(18)16(9-8-13(15)17)10-12-6-4-3-5-7-12/h3-7,11H,8-10H2,1-2H3,(H2,15,17)/t11-/m1/s1. The van der Waals surface area contributed by atoms with E-state index in [4.69, 9.17) is 5.73 Å². The molecule has 0 aromatic heterocycles. The fourth-order valence-electron chi connectivity index (χ4n) is 1.67. The molecule has 0 aliphatic rings. The number of thioether (sulfide) groups is 1. The van der Waals surface area contributed by atoms with Gasteiger partial charge in [0.15, 0.2) is 0 Å². The third kappa shape index (κ3) is 5.34. The summed E-state index contributed by atoms with van der Waals surface area (Å²) < 4.78 is 0. The molecule has 0 saturated carbocycles. The van der Waals surface area contributed by atoms with E-state index in [-0.39, 0.29) is 23.5 Å². The van der Waals surface area contributed by atoms with Gasteiger partial charge in [0.05, 0.1) is 5.25 Å². The second kappa shape index (κ2) is 7.84. The molecule has 19 heavy (non-hydrogen) atoms. The highest BCUT2D eigenvalue weighted by Crippen LogP contribution is 2.13. The Morgan fingerprint density at radius 3 is 2.47 bits per heavy atom.